The standard InChI is InChI=1S/C31H45F2N5O5.2ClH/c1-4-42-22-15-21-16-38(30(41)27(36-28(39)19(2)34-3)20-9-12-31(32,33)13-10-20)25(18-37(21)17-22)29(40)35-24-11-14-43-26-8-6-5-7-23(24)26;;/h5-8,19-22,24-25,27,34H,4,9-18H2,1-3H3,(H,35,40)(H,36,39);2*1H/t19-,21+,22+,24+,25-,27-;;/m0../s1. The molecule has 45 heavy (non-hydrogen) atoms. The number of likely N-dealkylation sites (N-methyl/N-ethyl adjacent to an activating group) is 1. The Morgan fingerprint density at radius 3 is 2.49 bits per heavy atom. The lowest BCUT2D eigenvalue weighted by Gasteiger charge is -2.45. The number of hydrogen-bond donors (Lipinski definition) is 3. The number of carbonyl (C=O) groups is 3. The molecule has 6 atom stereocenters. The van der Waals surface area contributed by atoms with Gasteiger partial charge in [0.1, 0.15) is 17.8 Å². The minimum atomic E-state index is -2.78. The quantitative estimate of drug-likeness (QED) is 0.368. The molecular weight excluding hydrogens is 631 g/mol. The zero-order valence-corrected chi connectivity index (χ0v) is 27.8. The SMILES string of the molecule is CCO[C@@H]1C[C@@H]2CN(C(=O)[C@@H](NC(=O)[C@H](C)NC)C3CCC(F)(F)CC3)[C@H](C(=O)N[C@@H]3CCOc4ccccc43)CN2C1.Cl.Cl. The first kappa shape index (κ1) is 37.2. The number of amides is 3. The summed E-state index contributed by atoms with van der Waals surface area (Å²) in [7, 11) is 1.64. The fourth-order valence-electron chi connectivity index (χ4n) is 6.98. The van der Waals surface area contributed by atoms with Gasteiger partial charge in [0, 0.05) is 57.1 Å². The highest BCUT2D eigenvalue weighted by Crippen LogP contribution is 2.39. The van der Waals surface area contributed by atoms with Crippen LogP contribution in [0.15, 0.2) is 24.3 Å². The van der Waals surface area contributed by atoms with E-state index in [0.717, 1.165) is 17.7 Å². The van der Waals surface area contributed by atoms with E-state index in [1.165, 1.54) is 0 Å². The smallest absolute Gasteiger partial charge is 0.248 e. The molecule has 3 amide bonds. The van der Waals surface area contributed by atoms with E-state index in [0.29, 0.717) is 39.3 Å². The predicted octanol–water partition coefficient (Wildman–Crippen LogP) is 3.08. The van der Waals surface area contributed by atoms with Crippen LogP contribution >= 0.6 is 24.8 Å². The summed E-state index contributed by atoms with van der Waals surface area (Å²) in [6, 6.07) is 4.92. The minimum absolute atomic E-state index is 0. The van der Waals surface area contributed by atoms with Gasteiger partial charge in [-0.2, -0.15) is 0 Å². The summed E-state index contributed by atoms with van der Waals surface area (Å²) in [5.41, 5.74) is 0.889. The molecule has 10 nitrogen and oxygen atoms in total. The predicted molar refractivity (Wildman–Crippen MR) is 170 cm³/mol. The highest BCUT2D eigenvalue weighted by atomic mass is 35.5. The second-order valence-electron chi connectivity index (χ2n) is 12.4. The van der Waals surface area contributed by atoms with Crippen molar-refractivity contribution < 1.29 is 32.6 Å². The summed E-state index contributed by atoms with van der Waals surface area (Å²) in [6.45, 7) is 5.95. The van der Waals surface area contributed by atoms with Crippen LogP contribution in [0, 0.1) is 5.92 Å². The number of fused-ring (bicyclic) bond motifs is 2. The topological polar surface area (TPSA) is 112 Å². The van der Waals surface area contributed by atoms with Crippen molar-refractivity contribution in [2.75, 3.05) is 39.9 Å². The van der Waals surface area contributed by atoms with Crippen molar-refractivity contribution in [3.05, 3.63) is 29.8 Å². The zero-order valence-electron chi connectivity index (χ0n) is 26.1. The molecule has 0 bridgehead atoms. The van der Waals surface area contributed by atoms with E-state index >= 15 is 0 Å². The monoisotopic (exact) mass is 677 g/mol. The molecule has 3 heterocycles. The fourth-order valence-corrected chi connectivity index (χ4v) is 6.98. The van der Waals surface area contributed by atoms with Gasteiger partial charge in [-0.25, -0.2) is 8.78 Å². The second kappa shape index (κ2) is 16.0. The molecule has 1 aromatic rings. The first-order chi connectivity index (χ1) is 20.6. The number of alkyl halides is 2. The summed E-state index contributed by atoms with van der Waals surface area (Å²) in [6.07, 6.45) is 0.883. The van der Waals surface area contributed by atoms with E-state index in [2.05, 4.69) is 20.9 Å². The van der Waals surface area contributed by atoms with E-state index < -0.39 is 30.0 Å². The maximum atomic E-state index is 14.5. The van der Waals surface area contributed by atoms with Gasteiger partial charge in [-0.05, 0) is 52.1 Å². The van der Waals surface area contributed by atoms with Crippen LogP contribution in [0.4, 0.5) is 8.78 Å². The molecule has 1 aliphatic carbocycles. The molecule has 3 aliphatic heterocycles. The Balaban J connectivity index is 0.00000276. The van der Waals surface area contributed by atoms with Crippen molar-refractivity contribution in [2.45, 2.75) is 94.6 Å². The average Bonchev–Trinajstić information content (AvgIpc) is 3.40. The van der Waals surface area contributed by atoms with E-state index in [1.807, 2.05) is 31.2 Å². The minimum Gasteiger partial charge on any atom is -0.493 e. The number of hydrogen-bond acceptors (Lipinski definition) is 7. The van der Waals surface area contributed by atoms with E-state index in [-0.39, 0.29) is 86.4 Å². The third-order valence-corrected chi connectivity index (χ3v) is 9.57. The number of nitrogens with one attached hydrogen (secondary N) is 3. The van der Waals surface area contributed by atoms with Gasteiger partial charge in [0.25, 0.3) is 0 Å². The summed E-state index contributed by atoms with van der Waals surface area (Å²) in [5, 5.41) is 8.94. The lowest BCUT2D eigenvalue weighted by atomic mass is 9.81. The summed E-state index contributed by atoms with van der Waals surface area (Å²) in [5.74, 6) is -3.56. The van der Waals surface area contributed by atoms with Gasteiger partial charge in [0.05, 0.1) is 24.8 Å². The number of ether oxygens (including phenoxy) is 2. The molecule has 0 unspecified atom stereocenters. The Kier molecular flexibility index (Phi) is 13.3. The lowest BCUT2D eigenvalue weighted by molar-refractivity contribution is -0.150. The zero-order chi connectivity index (χ0) is 30.7. The molecule has 0 aromatic heterocycles. The van der Waals surface area contributed by atoms with Crippen molar-refractivity contribution in [3.8, 4) is 5.75 Å². The molecule has 0 spiro atoms. The van der Waals surface area contributed by atoms with E-state index in [9.17, 15) is 23.2 Å². The molecule has 1 aromatic carbocycles. The highest BCUT2D eigenvalue weighted by Gasteiger charge is 2.48. The molecule has 254 valence electrons. The van der Waals surface area contributed by atoms with Crippen molar-refractivity contribution >= 4 is 42.5 Å². The molecular formula is C31H47Cl2F2N5O5. The van der Waals surface area contributed by atoms with E-state index in [4.69, 9.17) is 9.47 Å². The number of carbonyl (C=O) groups excluding carboxylic acids is 3. The summed E-state index contributed by atoms with van der Waals surface area (Å²) >= 11 is 0. The molecule has 1 saturated carbocycles. The Morgan fingerprint density at radius 1 is 1.09 bits per heavy atom. The van der Waals surface area contributed by atoms with Crippen molar-refractivity contribution in [2.24, 2.45) is 5.92 Å². The van der Waals surface area contributed by atoms with Crippen molar-refractivity contribution in [1.29, 1.82) is 0 Å². The molecule has 4 aliphatic rings. The number of nitrogens with zero attached hydrogens (tertiary/aromatic N) is 2. The van der Waals surface area contributed by atoms with Crippen LogP contribution in [0.2, 0.25) is 0 Å². The first-order valence-electron chi connectivity index (χ1n) is 15.6. The fraction of sp³-hybridized carbons (Fsp3) is 0.710. The second-order valence-corrected chi connectivity index (χ2v) is 12.4. The lowest BCUT2D eigenvalue weighted by Crippen LogP contribution is -2.66. The van der Waals surface area contributed by atoms with Crippen LogP contribution in [0.25, 0.3) is 0 Å². The number of rotatable bonds is 9. The number of benzene rings is 1. The summed E-state index contributed by atoms with van der Waals surface area (Å²) in [4.78, 5) is 45.3. The molecule has 3 N–H and O–H groups in total. The largest absolute Gasteiger partial charge is 0.493 e. The number of piperazine rings is 1. The maximum absolute atomic E-state index is 14.5. The third kappa shape index (κ3) is 8.57. The Hall–Kier alpha value is -2.25. The molecule has 5 rings (SSSR count). The maximum Gasteiger partial charge on any atom is 0.248 e. The Labute approximate surface area is 276 Å². The van der Waals surface area contributed by atoms with Crippen molar-refractivity contribution in [3.63, 3.8) is 0 Å². The third-order valence-electron chi connectivity index (χ3n) is 9.57. The van der Waals surface area contributed by atoms with Crippen LogP contribution in [-0.2, 0) is 19.1 Å². The van der Waals surface area contributed by atoms with Gasteiger partial charge < -0.3 is 30.3 Å². The molecule has 2 saturated heterocycles. The first-order valence-corrected chi connectivity index (χ1v) is 15.6. The molecule has 0 radical (unpaired) electrons. The van der Waals surface area contributed by atoms with Gasteiger partial charge in [-0.15, -0.1) is 24.8 Å². The number of para-hydroxylation sites is 1. The average molecular weight is 679 g/mol. The van der Waals surface area contributed by atoms with Gasteiger partial charge in [-0.1, -0.05) is 18.2 Å². The van der Waals surface area contributed by atoms with Crippen LogP contribution in [-0.4, -0.2) is 104 Å². The van der Waals surface area contributed by atoms with Gasteiger partial charge in [0.15, 0.2) is 0 Å². The Bertz CT molecular complexity index is 1170. The van der Waals surface area contributed by atoms with Crippen LogP contribution in [0.1, 0.15) is 64.0 Å². The van der Waals surface area contributed by atoms with Gasteiger partial charge >= 0.3 is 0 Å². The normalized spacial score (nSPS) is 27.4. The van der Waals surface area contributed by atoms with Gasteiger partial charge in [-0.3, -0.25) is 19.3 Å². The Morgan fingerprint density at radius 2 is 1.80 bits per heavy atom. The van der Waals surface area contributed by atoms with E-state index in [1.54, 1.807) is 18.9 Å². The van der Waals surface area contributed by atoms with Crippen LogP contribution in [0.5, 0.6) is 5.75 Å². The molecule has 3 fully saturated rings. The van der Waals surface area contributed by atoms with Crippen LogP contribution < -0.4 is 20.7 Å². The molecule has 14 heteroatoms. The highest BCUT2D eigenvalue weighted by molar-refractivity contribution is 5.93. The summed E-state index contributed by atoms with van der Waals surface area (Å²) < 4.78 is 39.9. The van der Waals surface area contributed by atoms with Crippen LogP contribution in [0.3, 0.4) is 0 Å². The van der Waals surface area contributed by atoms with Gasteiger partial charge in [0.2, 0.25) is 23.6 Å². The number of halogens is 4. The van der Waals surface area contributed by atoms with Crippen molar-refractivity contribution in [1.82, 2.24) is 25.8 Å².